The van der Waals surface area contributed by atoms with Gasteiger partial charge in [0, 0.05) is 17.4 Å². The number of piperidine rings is 1. The first-order chi connectivity index (χ1) is 7.58. The van der Waals surface area contributed by atoms with Gasteiger partial charge in [0.15, 0.2) is 0 Å². The summed E-state index contributed by atoms with van der Waals surface area (Å²) in [6.45, 7) is 2.47. The van der Waals surface area contributed by atoms with Gasteiger partial charge in [-0.3, -0.25) is 9.59 Å². The van der Waals surface area contributed by atoms with Crippen molar-refractivity contribution in [2.75, 3.05) is 11.4 Å². The number of anilines is 1. The minimum Gasteiger partial charge on any atom is -0.310 e. The summed E-state index contributed by atoms with van der Waals surface area (Å²) in [7, 11) is 0. The van der Waals surface area contributed by atoms with Gasteiger partial charge in [-0.1, -0.05) is 6.07 Å². The van der Waals surface area contributed by atoms with E-state index in [1.54, 1.807) is 4.90 Å². The first-order valence-corrected chi connectivity index (χ1v) is 5.95. The van der Waals surface area contributed by atoms with Gasteiger partial charge in [0.1, 0.15) is 5.78 Å². The van der Waals surface area contributed by atoms with E-state index in [9.17, 15) is 9.59 Å². The first kappa shape index (κ1) is 11.3. The van der Waals surface area contributed by atoms with Crippen LogP contribution in [-0.4, -0.2) is 18.2 Å². The molecule has 1 aliphatic rings. The average Bonchev–Trinajstić information content (AvgIpc) is 2.22. The molecule has 0 N–H and O–H groups in total. The molecule has 0 aliphatic carbocycles. The van der Waals surface area contributed by atoms with Crippen LogP contribution < -0.4 is 4.90 Å². The molecule has 1 aliphatic heterocycles. The van der Waals surface area contributed by atoms with Gasteiger partial charge in [-0.25, -0.2) is 0 Å². The first-order valence-electron chi connectivity index (χ1n) is 5.16. The molecule has 0 unspecified atom stereocenters. The Morgan fingerprint density at radius 2 is 2.06 bits per heavy atom. The SMILES string of the molecule is Cc1ccc(Br)c(N2CCC(=O)CC2=O)c1. The summed E-state index contributed by atoms with van der Waals surface area (Å²) in [5.41, 5.74) is 1.96. The Bertz CT molecular complexity index is 456. The van der Waals surface area contributed by atoms with Crippen LogP contribution in [0.4, 0.5) is 5.69 Å². The van der Waals surface area contributed by atoms with Gasteiger partial charge in [0.05, 0.1) is 12.1 Å². The lowest BCUT2D eigenvalue weighted by Crippen LogP contribution is -2.39. The third-order valence-electron chi connectivity index (χ3n) is 2.66. The molecular formula is C12H12BrNO2. The highest BCUT2D eigenvalue weighted by atomic mass is 79.9. The Hall–Kier alpha value is -1.16. The van der Waals surface area contributed by atoms with Crippen LogP contribution >= 0.6 is 15.9 Å². The van der Waals surface area contributed by atoms with Gasteiger partial charge in [0.2, 0.25) is 5.91 Å². The van der Waals surface area contributed by atoms with E-state index in [2.05, 4.69) is 15.9 Å². The van der Waals surface area contributed by atoms with Crippen molar-refractivity contribution >= 4 is 33.3 Å². The molecule has 0 atom stereocenters. The molecule has 0 aromatic heterocycles. The lowest BCUT2D eigenvalue weighted by Gasteiger charge is -2.27. The van der Waals surface area contributed by atoms with E-state index in [1.165, 1.54) is 0 Å². The molecular weight excluding hydrogens is 270 g/mol. The van der Waals surface area contributed by atoms with Gasteiger partial charge in [-0.2, -0.15) is 0 Å². The number of carbonyl (C=O) groups is 2. The van der Waals surface area contributed by atoms with Crippen LogP contribution in [0, 0.1) is 6.92 Å². The summed E-state index contributed by atoms with van der Waals surface area (Å²) >= 11 is 3.43. The van der Waals surface area contributed by atoms with Crippen LogP contribution in [0.15, 0.2) is 22.7 Å². The largest absolute Gasteiger partial charge is 0.310 e. The predicted octanol–water partition coefficient (Wildman–Crippen LogP) is 2.45. The molecule has 3 nitrogen and oxygen atoms in total. The Kier molecular flexibility index (Phi) is 3.10. The predicted molar refractivity (Wildman–Crippen MR) is 65.5 cm³/mol. The van der Waals surface area contributed by atoms with Crippen molar-refractivity contribution in [1.29, 1.82) is 0 Å². The average molecular weight is 282 g/mol. The van der Waals surface area contributed by atoms with E-state index in [1.807, 2.05) is 25.1 Å². The van der Waals surface area contributed by atoms with Crippen LogP contribution in [0.2, 0.25) is 0 Å². The number of halogens is 1. The maximum absolute atomic E-state index is 11.8. The molecule has 1 heterocycles. The number of rotatable bonds is 1. The lowest BCUT2D eigenvalue weighted by molar-refractivity contribution is -0.128. The van der Waals surface area contributed by atoms with Crippen molar-refractivity contribution in [2.24, 2.45) is 0 Å². The van der Waals surface area contributed by atoms with Crippen molar-refractivity contribution < 1.29 is 9.59 Å². The van der Waals surface area contributed by atoms with Crippen LogP contribution in [-0.2, 0) is 9.59 Å². The third kappa shape index (κ3) is 2.16. The molecule has 0 saturated carbocycles. The zero-order valence-corrected chi connectivity index (χ0v) is 10.6. The smallest absolute Gasteiger partial charge is 0.234 e. The molecule has 2 rings (SSSR count). The van der Waals surface area contributed by atoms with E-state index >= 15 is 0 Å². The van der Waals surface area contributed by atoms with E-state index in [4.69, 9.17) is 0 Å². The van der Waals surface area contributed by atoms with Gasteiger partial charge in [-0.05, 0) is 40.5 Å². The highest BCUT2D eigenvalue weighted by molar-refractivity contribution is 9.10. The molecule has 1 fully saturated rings. The second kappa shape index (κ2) is 4.37. The zero-order valence-electron chi connectivity index (χ0n) is 9.00. The minimum atomic E-state index is -0.109. The van der Waals surface area contributed by atoms with Crippen LogP contribution in [0.3, 0.4) is 0 Å². The van der Waals surface area contributed by atoms with Gasteiger partial charge in [0.25, 0.3) is 0 Å². The molecule has 4 heteroatoms. The molecule has 0 radical (unpaired) electrons. The second-order valence-electron chi connectivity index (χ2n) is 3.97. The summed E-state index contributed by atoms with van der Waals surface area (Å²) < 4.78 is 0.890. The molecule has 84 valence electrons. The Balaban J connectivity index is 2.33. The van der Waals surface area contributed by atoms with Gasteiger partial charge in [-0.15, -0.1) is 0 Å². The quantitative estimate of drug-likeness (QED) is 0.742. The summed E-state index contributed by atoms with van der Waals surface area (Å²) in [5, 5.41) is 0. The summed E-state index contributed by atoms with van der Waals surface area (Å²) in [6.07, 6.45) is 0.479. The summed E-state index contributed by atoms with van der Waals surface area (Å²) in [5.74, 6) is -0.0763. The van der Waals surface area contributed by atoms with E-state index in [0.717, 1.165) is 15.7 Å². The molecule has 1 aromatic carbocycles. The lowest BCUT2D eigenvalue weighted by atomic mass is 10.1. The highest BCUT2D eigenvalue weighted by Gasteiger charge is 2.25. The number of hydrogen-bond acceptors (Lipinski definition) is 2. The van der Waals surface area contributed by atoms with Crippen molar-refractivity contribution in [3.8, 4) is 0 Å². The number of carbonyl (C=O) groups excluding carboxylic acids is 2. The Labute approximate surface area is 103 Å². The zero-order chi connectivity index (χ0) is 11.7. The molecule has 16 heavy (non-hydrogen) atoms. The number of benzene rings is 1. The minimum absolute atomic E-state index is 0.0282. The van der Waals surface area contributed by atoms with Crippen LogP contribution in [0.5, 0.6) is 0 Å². The van der Waals surface area contributed by atoms with Crippen molar-refractivity contribution in [3.63, 3.8) is 0 Å². The number of ketones is 1. The molecule has 1 amide bonds. The maximum Gasteiger partial charge on any atom is 0.234 e. The fraction of sp³-hybridized carbons (Fsp3) is 0.333. The standard InChI is InChI=1S/C12H12BrNO2/c1-8-2-3-10(13)11(6-8)14-5-4-9(15)7-12(14)16/h2-3,6H,4-5,7H2,1H3. The normalized spacial score (nSPS) is 16.8. The second-order valence-corrected chi connectivity index (χ2v) is 4.82. The number of Topliss-reactive ketones (excluding diaryl/α,β-unsaturated/α-hetero) is 1. The topological polar surface area (TPSA) is 37.4 Å². The number of amides is 1. The fourth-order valence-corrected chi connectivity index (χ4v) is 2.26. The maximum atomic E-state index is 11.8. The van der Waals surface area contributed by atoms with Gasteiger partial charge >= 0.3 is 0 Å². The van der Waals surface area contributed by atoms with Crippen LogP contribution in [0.25, 0.3) is 0 Å². The van der Waals surface area contributed by atoms with Gasteiger partial charge < -0.3 is 4.90 Å². The fourth-order valence-electron chi connectivity index (χ4n) is 1.80. The number of nitrogens with zero attached hydrogens (tertiary/aromatic N) is 1. The van der Waals surface area contributed by atoms with Crippen LogP contribution in [0.1, 0.15) is 18.4 Å². The Morgan fingerprint density at radius 1 is 1.31 bits per heavy atom. The van der Waals surface area contributed by atoms with Crippen molar-refractivity contribution in [3.05, 3.63) is 28.2 Å². The molecule has 0 spiro atoms. The van der Waals surface area contributed by atoms with Crippen molar-refractivity contribution in [2.45, 2.75) is 19.8 Å². The summed E-state index contributed by atoms with van der Waals surface area (Å²) in [4.78, 5) is 24.6. The van der Waals surface area contributed by atoms with E-state index in [-0.39, 0.29) is 18.1 Å². The van der Waals surface area contributed by atoms with Crippen molar-refractivity contribution in [1.82, 2.24) is 0 Å². The molecule has 0 bridgehead atoms. The third-order valence-corrected chi connectivity index (χ3v) is 3.33. The van der Waals surface area contributed by atoms with E-state index < -0.39 is 0 Å². The summed E-state index contributed by atoms with van der Waals surface area (Å²) in [6, 6.07) is 5.86. The Morgan fingerprint density at radius 3 is 2.75 bits per heavy atom. The number of hydrogen-bond donors (Lipinski definition) is 0. The molecule has 1 saturated heterocycles. The monoisotopic (exact) mass is 281 g/mol. The van der Waals surface area contributed by atoms with E-state index in [0.29, 0.717) is 13.0 Å². The number of aryl methyl sites for hydroxylation is 1. The molecule has 1 aromatic rings. The highest BCUT2D eigenvalue weighted by Crippen LogP contribution is 2.29.